The van der Waals surface area contributed by atoms with Crippen LogP contribution in [0.25, 0.3) is 0 Å². The highest BCUT2D eigenvalue weighted by molar-refractivity contribution is 5.32. The summed E-state index contributed by atoms with van der Waals surface area (Å²) in [5, 5.41) is 0. The van der Waals surface area contributed by atoms with E-state index in [-0.39, 0.29) is 13.2 Å². The molecule has 96 valence electrons. The molecule has 0 amide bonds. The third-order valence-electron chi connectivity index (χ3n) is 3.00. The number of hydrogen-bond acceptors (Lipinski definition) is 1. The topological polar surface area (TPSA) is 9.23 Å². The quantitative estimate of drug-likeness (QED) is 0.754. The van der Waals surface area contributed by atoms with Gasteiger partial charge in [0.25, 0.3) is 0 Å². The third-order valence-corrected chi connectivity index (χ3v) is 3.00. The van der Waals surface area contributed by atoms with Crippen LogP contribution >= 0.6 is 0 Å². The van der Waals surface area contributed by atoms with Gasteiger partial charge in [-0.25, -0.2) is 0 Å². The molecule has 0 radical (unpaired) electrons. The van der Waals surface area contributed by atoms with E-state index in [1.165, 1.54) is 0 Å². The average molecular weight is 254 g/mol. The minimum absolute atomic E-state index is 0.115. The largest absolute Gasteiger partial charge is 0.373 e. The van der Waals surface area contributed by atoms with E-state index in [1.54, 1.807) is 48.5 Å². The Balaban J connectivity index is 2.08. The monoisotopic (exact) mass is 254 g/mol. The van der Waals surface area contributed by atoms with Crippen molar-refractivity contribution in [3.63, 3.8) is 0 Å². The number of hydrogen-bond donors (Lipinski definition) is 0. The molecule has 0 aliphatic carbocycles. The van der Waals surface area contributed by atoms with Gasteiger partial charge in [0.15, 0.2) is 0 Å². The second-order valence-electron chi connectivity index (χ2n) is 4.43. The molecular weight excluding hydrogens is 232 g/mol. The average Bonchev–Trinajstić information content (AvgIpc) is 3.08. The summed E-state index contributed by atoms with van der Waals surface area (Å²) >= 11 is 0. The lowest BCUT2D eigenvalue weighted by Crippen LogP contribution is -1.97. The minimum Gasteiger partial charge on any atom is -0.373 e. The Hall–Kier alpha value is -1.86. The van der Waals surface area contributed by atoms with E-state index in [9.17, 15) is 0 Å². The zero-order valence-electron chi connectivity index (χ0n) is 14.6. The van der Waals surface area contributed by atoms with E-state index in [2.05, 4.69) is 0 Å². The molecule has 0 atom stereocenters. The summed E-state index contributed by atoms with van der Waals surface area (Å²) in [4.78, 5) is 0. The summed E-state index contributed by atoms with van der Waals surface area (Å²) in [5.74, 6) is 0. The maximum absolute atomic E-state index is 8.50. The fourth-order valence-electron chi connectivity index (χ4n) is 2.04. The highest BCUT2D eigenvalue weighted by Crippen LogP contribution is 2.22. The Morgan fingerprint density at radius 3 is 1.58 bits per heavy atom. The maximum Gasteiger partial charge on any atom is 0.0688 e. The second-order valence-corrected chi connectivity index (χ2v) is 4.43. The molecule has 0 fully saturated rings. The van der Waals surface area contributed by atoms with Crippen LogP contribution in [0.4, 0.5) is 0 Å². The van der Waals surface area contributed by atoms with Crippen LogP contribution in [0.2, 0.25) is 0 Å². The van der Waals surface area contributed by atoms with Crippen molar-refractivity contribution >= 4 is 0 Å². The van der Waals surface area contributed by atoms with Crippen molar-refractivity contribution in [3.8, 4) is 0 Å². The van der Waals surface area contributed by atoms with Gasteiger partial charge in [0.1, 0.15) is 0 Å². The predicted octanol–water partition coefficient (Wildman–Crippen LogP) is 3.80. The molecule has 0 unspecified atom stereocenters. The Morgan fingerprint density at radius 1 is 0.737 bits per heavy atom. The number of rotatable bonds is 4. The molecule has 0 spiro atoms. The van der Waals surface area contributed by atoms with Crippen LogP contribution in [0.5, 0.6) is 0 Å². The highest BCUT2D eigenvalue weighted by Gasteiger charge is 2.15. The molecule has 0 N–H and O–H groups in total. The van der Waals surface area contributed by atoms with Gasteiger partial charge in [-0.15, -0.1) is 0 Å². The first kappa shape index (κ1) is 8.34. The van der Waals surface area contributed by atoms with Crippen molar-refractivity contribution in [2.24, 2.45) is 0 Å². The molecule has 0 bridgehead atoms. The molecular formula is C18H18O. The van der Waals surface area contributed by atoms with E-state index in [4.69, 9.17) is 10.2 Å². The van der Waals surface area contributed by atoms with Crippen LogP contribution in [0.3, 0.4) is 0 Å². The first-order chi connectivity index (χ1) is 10.9. The molecule has 1 aliphatic heterocycles. The molecule has 1 nitrogen and oxygen atoms in total. The molecule has 1 aliphatic rings. The van der Waals surface area contributed by atoms with Gasteiger partial charge in [0.2, 0.25) is 0 Å². The lowest BCUT2D eigenvalue weighted by molar-refractivity contribution is 0.203. The summed E-state index contributed by atoms with van der Waals surface area (Å²) in [6, 6.07) is 17.7. The highest BCUT2D eigenvalue weighted by atomic mass is 16.5. The molecule has 3 rings (SSSR count). The minimum atomic E-state index is -1.75. The van der Waals surface area contributed by atoms with Crippen LogP contribution in [0.1, 0.15) is 16.6 Å². The fraction of sp³-hybridized carbons (Fsp3) is 0.222. The fourth-order valence-corrected chi connectivity index (χ4v) is 2.04. The van der Waals surface area contributed by atoms with Gasteiger partial charge in [-0.2, -0.15) is 0 Å². The number of benzene rings is 2. The van der Waals surface area contributed by atoms with E-state index >= 15 is 0 Å². The smallest absolute Gasteiger partial charge is 0.0688 e. The van der Waals surface area contributed by atoms with Crippen LogP contribution in [0.15, 0.2) is 71.8 Å². The van der Waals surface area contributed by atoms with Crippen LogP contribution in [-0.4, -0.2) is 13.2 Å². The van der Waals surface area contributed by atoms with Crippen molar-refractivity contribution in [2.45, 2.75) is 12.7 Å². The molecule has 19 heavy (non-hydrogen) atoms. The van der Waals surface area contributed by atoms with Crippen LogP contribution in [-0.2, 0) is 17.5 Å². The molecule has 0 aromatic heterocycles. The van der Waals surface area contributed by atoms with E-state index in [0.29, 0.717) is 22.3 Å². The van der Waals surface area contributed by atoms with Gasteiger partial charge in [0.05, 0.1) is 13.2 Å². The Morgan fingerprint density at radius 2 is 1.16 bits per heavy atom. The lowest BCUT2D eigenvalue weighted by atomic mass is 9.97. The predicted molar refractivity (Wildman–Crippen MR) is 78.1 cm³/mol. The zero-order valence-corrected chi connectivity index (χ0v) is 10.6. The summed E-state index contributed by atoms with van der Waals surface area (Å²) in [6.45, 7) is 0.229. The van der Waals surface area contributed by atoms with Gasteiger partial charge < -0.3 is 4.74 Å². The van der Waals surface area contributed by atoms with Crippen molar-refractivity contribution in [1.82, 2.24) is 0 Å². The SMILES string of the molecule is [2H]C([2H])(C1=C(C([2H])([2H])c2ccccc2)COC1)c1ccccc1. The standard InChI is InChI=1S/C18H18O/c1-3-7-15(8-4-1)11-17-13-19-14-18(17)12-16-9-5-2-6-10-16/h1-10H,11-14H2/i11D2,12D2. The zero-order chi connectivity index (χ0) is 16.5. The van der Waals surface area contributed by atoms with Crippen LogP contribution in [0, 0.1) is 0 Å². The van der Waals surface area contributed by atoms with Crippen molar-refractivity contribution in [3.05, 3.63) is 82.9 Å². The number of ether oxygens (including phenoxy) is 1. The van der Waals surface area contributed by atoms with Gasteiger partial charge in [-0.05, 0) is 35.0 Å². The molecule has 1 heterocycles. The second kappa shape index (κ2) is 5.85. The normalized spacial score (nSPS) is 19.6. The van der Waals surface area contributed by atoms with E-state index in [1.807, 2.05) is 12.1 Å². The Labute approximate surface area is 120 Å². The van der Waals surface area contributed by atoms with Crippen molar-refractivity contribution < 1.29 is 10.2 Å². The first-order valence-corrected chi connectivity index (χ1v) is 6.36. The van der Waals surface area contributed by atoms with Gasteiger partial charge in [0, 0.05) is 5.48 Å². The molecule has 2 aromatic carbocycles. The van der Waals surface area contributed by atoms with Gasteiger partial charge in [-0.3, -0.25) is 0 Å². The Kier molecular flexibility index (Phi) is 2.57. The molecule has 0 saturated carbocycles. The third kappa shape index (κ3) is 3.12. The van der Waals surface area contributed by atoms with Crippen molar-refractivity contribution in [2.75, 3.05) is 13.2 Å². The van der Waals surface area contributed by atoms with Gasteiger partial charge in [-0.1, -0.05) is 60.7 Å². The summed E-state index contributed by atoms with van der Waals surface area (Å²) in [5.41, 5.74) is 1.80. The Bertz CT molecular complexity index is 647. The lowest BCUT2D eigenvalue weighted by Gasteiger charge is -2.06. The van der Waals surface area contributed by atoms with E-state index < -0.39 is 12.7 Å². The molecule has 2 aromatic rings. The summed E-state index contributed by atoms with van der Waals surface area (Å²) < 4.78 is 39.4. The molecule has 1 heteroatoms. The summed E-state index contributed by atoms with van der Waals surface area (Å²) in [7, 11) is 0. The first-order valence-electron chi connectivity index (χ1n) is 8.36. The van der Waals surface area contributed by atoms with Crippen LogP contribution < -0.4 is 0 Å². The van der Waals surface area contributed by atoms with Gasteiger partial charge >= 0.3 is 0 Å². The maximum atomic E-state index is 8.50. The van der Waals surface area contributed by atoms with Crippen molar-refractivity contribution in [1.29, 1.82) is 0 Å². The summed E-state index contributed by atoms with van der Waals surface area (Å²) in [6.07, 6.45) is -3.51. The van der Waals surface area contributed by atoms with E-state index in [0.717, 1.165) is 0 Å². The molecule has 0 saturated heterocycles.